The fourth-order valence-corrected chi connectivity index (χ4v) is 4.74. The Bertz CT molecular complexity index is 1210. The lowest BCUT2D eigenvalue weighted by Gasteiger charge is -2.18. The number of imidazole rings is 1. The molecule has 2 fully saturated rings. The summed E-state index contributed by atoms with van der Waals surface area (Å²) in [4.78, 5) is 25.5. The van der Waals surface area contributed by atoms with Crippen molar-refractivity contribution < 1.29 is 29.6 Å². The maximum atomic E-state index is 11.7. The van der Waals surface area contributed by atoms with Crippen LogP contribution in [0.4, 0.5) is 5.82 Å². The van der Waals surface area contributed by atoms with Gasteiger partial charge in [-0.05, 0) is 25.8 Å². The highest BCUT2D eigenvalue weighted by Crippen LogP contribution is 2.33. The monoisotopic (exact) mass is 501 g/mol. The number of aryl methyl sites for hydroxylation is 1. The van der Waals surface area contributed by atoms with Crippen molar-refractivity contribution in [2.45, 2.75) is 76.0 Å². The maximum Gasteiger partial charge on any atom is 0.306 e. The molecule has 0 amide bonds. The zero-order valence-electron chi connectivity index (χ0n) is 20.0. The number of anilines is 1. The number of aromatic nitrogens is 6. The summed E-state index contributed by atoms with van der Waals surface area (Å²) in [6.07, 6.45) is 3.73. The van der Waals surface area contributed by atoms with Crippen molar-refractivity contribution in [2.75, 3.05) is 18.5 Å². The summed E-state index contributed by atoms with van der Waals surface area (Å²) in [6, 6.07) is 2.05. The number of rotatable bonds is 9. The van der Waals surface area contributed by atoms with E-state index in [1.54, 1.807) is 19.2 Å². The zero-order valence-corrected chi connectivity index (χ0v) is 20.0. The molecule has 4 N–H and O–H groups in total. The molecule has 1 saturated heterocycles. The van der Waals surface area contributed by atoms with Crippen molar-refractivity contribution in [3.8, 4) is 5.95 Å². The van der Waals surface area contributed by atoms with Gasteiger partial charge < -0.3 is 30.1 Å². The van der Waals surface area contributed by atoms with Gasteiger partial charge in [-0.25, -0.2) is 9.67 Å². The van der Waals surface area contributed by atoms with Crippen LogP contribution < -0.4 is 5.32 Å². The van der Waals surface area contributed by atoms with E-state index in [4.69, 9.17) is 14.5 Å². The van der Waals surface area contributed by atoms with Crippen LogP contribution in [0, 0.1) is 0 Å². The second kappa shape index (κ2) is 10.5. The van der Waals surface area contributed by atoms with Gasteiger partial charge in [-0.1, -0.05) is 12.8 Å². The zero-order chi connectivity index (χ0) is 25.2. The molecule has 5 rings (SSSR count). The van der Waals surface area contributed by atoms with Crippen molar-refractivity contribution in [1.82, 2.24) is 29.3 Å². The SMILES string of the molecule is CCOC(=O)CCc1ccn(-c2nc(NC3CCCC3)c3ncn([C@@H]4O[C@H](CO)[C@@H](O)[C@H]4O)c3n2)n1. The Morgan fingerprint density at radius 3 is 2.78 bits per heavy atom. The number of esters is 1. The number of aliphatic hydroxyl groups is 3. The number of hydrogen-bond acceptors (Lipinski definition) is 11. The van der Waals surface area contributed by atoms with Gasteiger partial charge in [0.25, 0.3) is 5.95 Å². The van der Waals surface area contributed by atoms with E-state index in [1.165, 1.54) is 15.6 Å². The van der Waals surface area contributed by atoms with Crippen LogP contribution in [0.25, 0.3) is 17.1 Å². The van der Waals surface area contributed by atoms with Crippen LogP contribution in [0.15, 0.2) is 18.6 Å². The van der Waals surface area contributed by atoms with Gasteiger partial charge in [0.1, 0.15) is 18.3 Å². The molecule has 0 radical (unpaired) electrons. The summed E-state index contributed by atoms with van der Waals surface area (Å²) in [6.45, 7) is 1.67. The van der Waals surface area contributed by atoms with Gasteiger partial charge in [-0.15, -0.1) is 0 Å². The first-order valence-electron chi connectivity index (χ1n) is 12.3. The number of ether oxygens (including phenoxy) is 2. The lowest BCUT2D eigenvalue weighted by Crippen LogP contribution is -2.33. The standard InChI is InChI=1S/C23H31N7O6/c1-2-35-16(32)8-7-14-9-10-30(28-14)23-26-20(25-13-5-3-4-6-13)17-21(27-23)29(12-24-17)22-19(34)18(33)15(11-31)36-22/h9-10,12-13,15,18-19,22,31,33-34H,2-8,11H2,1H3,(H,25,26,27)/t15-,18-,19-,22-/m1/s1. The summed E-state index contributed by atoms with van der Waals surface area (Å²) >= 11 is 0. The van der Waals surface area contributed by atoms with Crippen LogP contribution in [0.2, 0.25) is 0 Å². The van der Waals surface area contributed by atoms with Gasteiger partial charge >= 0.3 is 5.97 Å². The highest BCUT2D eigenvalue weighted by molar-refractivity contribution is 5.84. The Hall–Kier alpha value is -3.13. The highest BCUT2D eigenvalue weighted by atomic mass is 16.6. The fraction of sp³-hybridized carbons (Fsp3) is 0.609. The predicted octanol–water partition coefficient (Wildman–Crippen LogP) is 0.474. The third kappa shape index (κ3) is 4.78. The van der Waals surface area contributed by atoms with Crippen molar-refractivity contribution in [3.05, 3.63) is 24.3 Å². The van der Waals surface area contributed by atoms with Crippen LogP contribution in [-0.2, 0) is 20.7 Å². The second-order valence-electron chi connectivity index (χ2n) is 9.11. The second-order valence-corrected chi connectivity index (χ2v) is 9.11. The van der Waals surface area contributed by atoms with E-state index in [0.29, 0.717) is 35.7 Å². The molecular weight excluding hydrogens is 470 g/mol. The number of aliphatic hydroxyl groups excluding tert-OH is 3. The minimum absolute atomic E-state index is 0.220. The lowest BCUT2D eigenvalue weighted by molar-refractivity contribution is -0.143. The van der Waals surface area contributed by atoms with Gasteiger partial charge in [0.15, 0.2) is 23.2 Å². The molecule has 2 aliphatic rings. The predicted molar refractivity (Wildman–Crippen MR) is 126 cm³/mol. The molecular formula is C23H31N7O6. The van der Waals surface area contributed by atoms with E-state index in [1.807, 2.05) is 0 Å². The molecule has 194 valence electrons. The first-order valence-corrected chi connectivity index (χ1v) is 12.3. The summed E-state index contributed by atoms with van der Waals surface area (Å²) in [5.41, 5.74) is 1.58. The van der Waals surface area contributed by atoms with Crippen LogP contribution >= 0.6 is 0 Å². The maximum absolute atomic E-state index is 11.7. The van der Waals surface area contributed by atoms with Crippen molar-refractivity contribution >= 4 is 23.0 Å². The van der Waals surface area contributed by atoms with E-state index in [2.05, 4.69) is 20.4 Å². The first-order chi connectivity index (χ1) is 17.5. The summed E-state index contributed by atoms with van der Waals surface area (Å²) in [5, 5.41) is 38.3. The Labute approximate surface area is 207 Å². The quantitative estimate of drug-likeness (QED) is 0.301. The van der Waals surface area contributed by atoms with E-state index >= 15 is 0 Å². The number of hydrogen-bond donors (Lipinski definition) is 4. The van der Waals surface area contributed by atoms with Crippen LogP contribution in [-0.4, -0.2) is 88.2 Å². The van der Waals surface area contributed by atoms with E-state index in [-0.39, 0.29) is 24.4 Å². The average Bonchev–Trinajstić information content (AvgIpc) is 3.67. The number of carbonyl (C=O) groups is 1. The molecule has 13 heteroatoms. The average molecular weight is 502 g/mol. The largest absolute Gasteiger partial charge is 0.466 e. The highest BCUT2D eigenvalue weighted by Gasteiger charge is 2.44. The molecule has 0 bridgehead atoms. The molecule has 1 aliphatic heterocycles. The Kier molecular flexibility index (Phi) is 7.14. The molecule has 0 unspecified atom stereocenters. The van der Waals surface area contributed by atoms with E-state index in [0.717, 1.165) is 25.7 Å². The van der Waals surface area contributed by atoms with E-state index in [9.17, 15) is 20.1 Å². The fourth-order valence-electron chi connectivity index (χ4n) is 4.74. The number of nitrogens with zero attached hydrogens (tertiary/aromatic N) is 6. The molecule has 4 heterocycles. The Morgan fingerprint density at radius 2 is 2.06 bits per heavy atom. The molecule has 4 atom stereocenters. The van der Waals surface area contributed by atoms with Gasteiger partial charge in [0.2, 0.25) is 0 Å². The van der Waals surface area contributed by atoms with Crippen LogP contribution in [0.1, 0.15) is 50.9 Å². The third-order valence-electron chi connectivity index (χ3n) is 6.64. The Morgan fingerprint density at radius 1 is 1.25 bits per heavy atom. The van der Waals surface area contributed by atoms with Gasteiger partial charge in [0, 0.05) is 18.7 Å². The molecule has 13 nitrogen and oxygen atoms in total. The molecule has 3 aromatic heterocycles. The first kappa shape index (κ1) is 24.6. The van der Waals surface area contributed by atoms with Crippen molar-refractivity contribution in [3.63, 3.8) is 0 Å². The minimum atomic E-state index is -1.27. The molecule has 0 spiro atoms. The summed E-state index contributed by atoms with van der Waals surface area (Å²) in [7, 11) is 0. The van der Waals surface area contributed by atoms with Gasteiger partial charge in [0.05, 0.1) is 31.7 Å². The third-order valence-corrected chi connectivity index (χ3v) is 6.64. The normalized spacial score (nSPS) is 24.6. The lowest BCUT2D eigenvalue weighted by atomic mass is 10.1. The topological polar surface area (TPSA) is 170 Å². The smallest absolute Gasteiger partial charge is 0.306 e. The van der Waals surface area contributed by atoms with Gasteiger partial charge in [-0.3, -0.25) is 9.36 Å². The molecule has 1 saturated carbocycles. The van der Waals surface area contributed by atoms with Crippen molar-refractivity contribution in [1.29, 1.82) is 0 Å². The number of fused-ring (bicyclic) bond motifs is 1. The van der Waals surface area contributed by atoms with Gasteiger partial charge in [-0.2, -0.15) is 15.1 Å². The van der Waals surface area contributed by atoms with Crippen LogP contribution in [0.5, 0.6) is 0 Å². The van der Waals surface area contributed by atoms with Crippen LogP contribution in [0.3, 0.4) is 0 Å². The molecule has 36 heavy (non-hydrogen) atoms. The molecule has 3 aromatic rings. The number of carbonyl (C=O) groups excluding carboxylic acids is 1. The minimum Gasteiger partial charge on any atom is -0.466 e. The Balaban J connectivity index is 1.49. The molecule has 1 aliphatic carbocycles. The number of nitrogens with one attached hydrogen (secondary N) is 1. The van der Waals surface area contributed by atoms with E-state index < -0.39 is 31.1 Å². The van der Waals surface area contributed by atoms with Crippen molar-refractivity contribution in [2.24, 2.45) is 0 Å². The summed E-state index contributed by atoms with van der Waals surface area (Å²) < 4.78 is 13.8. The molecule has 0 aromatic carbocycles. The summed E-state index contributed by atoms with van der Waals surface area (Å²) in [5.74, 6) is 0.532.